The second-order valence-electron chi connectivity index (χ2n) is 4.94. The van der Waals surface area contributed by atoms with Crippen LogP contribution >= 0.6 is 15.9 Å². The summed E-state index contributed by atoms with van der Waals surface area (Å²) >= 11 is 2.97. The molecule has 0 aliphatic carbocycles. The Bertz CT molecular complexity index is 540. The summed E-state index contributed by atoms with van der Waals surface area (Å²) < 4.78 is 23.5. The van der Waals surface area contributed by atoms with Gasteiger partial charge in [-0.1, -0.05) is 0 Å². The van der Waals surface area contributed by atoms with Crippen LogP contribution in [-0.4, -0.2) is 24.8 Å². The Morgan fingerprint density at radius 2 is 1.90 bits per heavy atom. The normalized spacial score (nSPS) is 10.9. The van der Waals surface area contributed by atoms with Crippen molar-refractivity contribution in [3.63, 3.8) is 0 Å². The molecule has 0 bridgehead atoms. The predicted octanol–water partition coefficient (Wildman–Crippen LogP) is 3.72. The van der Waals surface area contributed by atoms with Gasteiger partial charge in [-0.25, -0.2) is 14.0 Å². The summed E-state index contributed by atoms with van der Waals surface area (Å²) in [5.74, 6) is -1.35. The zero-order chi connectivity index (χ0) is 15.5. The van der Waals surface area contributed by atoms with Gasteiger partial charge >= 0.3 is 12.1 Å². The van der Waals surface area contributed by atoms with E-state index in [4.69, 9.17) is 4.74 Å². The molecule has 0 unspecified atom stereocenters. The number of esters is 1. The maximum absolute atomic E-state index is 13.9. The summed E-state index contributed by atoms with van der Waals surface area (Å²) in [5.41, 5.74) is -0.779. The van der Waals surface area contributed by atoms with Crippen LogP contribution in [0.3, 0.4) is 0 Å². The molecule has 1 aromatic rings. The van der Waals surface area contributed by atoms with E-state index in [0.29, 0.717) is 0 Å². The Morgan fingerprint density at radius 3 is 2.40 bits per heavy atom. The van der Waals surface area contributed by atoms with Crippen LogP contribution in [0.4, 0.5) is 14.9 Å². The number of ether oxygens (including phenoxy) is 2. The quantitative estimate of drug-likeness (QED) is 0.828. The van der Waals surface area contributed by atoms with Crippen LogP contribution in [0.15, 0.2) is 16.6 Å². The molecule has 0 atom stereocenters. The number of carbonyl (C=O) groups is 2. The number of anilines is 1. The number of hydrogen-bond acceptors (Lipinski definition) is 4. The molecule has 5 nitrogen and oxygen atoms in total. The topological polar surface area (TPSA) is 64.6 Å². The zero-order valence-corrected chi connectivity index (χ0v) is 13.1. The highest BCUT2D eigenvalue weighted by atomic mass is 79.9. The first-order valence-corrected chi connectivity index (χ1v) is 6.50. The minimum atomic E-state index is -0.815. The van der Waals surface area contributed by atoms with Gasteiger partial charge in [-0.2, -0.15) is 0 Å². The van der Waals surface area contributed by atoms with Gasteiger partial charge in [0.1, 0.15) is 5.60 Å². The lowest BCUT2D eigenvalue weighted by Gasteiger charge is -2.20. The third-order valence-electron chi connectivity index (χ3n) is 2.08. The van der Waals surface area contributed by atoms with Gasteiger partial charge in [-0.05, 0) is 48.8 Å². The van der Waals surface area contributed by atoms with E-state index in [1.807, 2.05) is 0 Å². The molecule has 1 aromatic carbocycles. The van der Waals surface area contributed by atoms with Crippen LogP contribution in [-0.2, 0) is 9.47 Å². The van der Waals surface area contributed by atoms with Crippen molar-refractivity contribution in [1.29, 1.82) is 0 Å². The molecule has 0 saturated carbocycles. The van der Waals surface area contributed by atoms with E-state index in [-0.39, 0.29) is 15.7 Å². The largest absolute Gasteiger partial charge is 0.465 e. The van der Waals surface area contributed by atoms with Crippen LogP contribution in [0.5, 0.6) is 0 Å². The van der Waals surface area contributed by atoms with E-state index in [1.54, 1.807) is 20.8 Å². The van der Waals surface area contributed by atoms with E-state index in [2.05, 4.69) is 26.0 Å². The van der Waals surface area contributed by atoms with Gasteiger partial charge in [0.15, 0.2) is 5.82 Å². The van der Waals surface area contributed by atoms with Crippen molar-refractivity contribution in [2.24, 2.45) is 0 Å². The molecule has 20 heavy (non-hydrogen) atoms. The molecule has 0 aromatic heterocycles. The number of hydrogen-bond donors (Lipinski definition) is 1. The Labute approximate surface area is 124 Å². The average Bonchev–Trinajstić information content (AvgIpc) is 2.31. The fourth-order valence-electron chi connectivity index (χ4n) is 1.33. The molecule has 1 amide bonds. The number of benzene rings is 1. The monoisotopic (exact) mass is 347 g/mol. The molecule has 0 heterocycles. The van der Waals surface area contributed by atoms with Crippen LogP contribution in [0.1, 0.15) is 31.1 Å². The summed E-state index contributed by atoms with van der Waals surface area (Å²) in [6.45, 7) is 5.05. The van der Waals surface area contributed by atoms with E-state index in [1.165, 1.54) is 19.2 Å². The third-order valence-corrected chi connectivity index (χ3v) is 2.66. The number of methoxy groups -OCH3 is 1. The van der Waals surface area contributed by atoms with Gasteiger partial charge in [-0.15, -0.1) is 0 Å². The third kappa shape index (κ3) is 4.48. The first kappa shape index (κ1) is 16.4. The highest BCUT2D eigenvalue weighted by molar-refractivity contribution is 9.10. The van der Waals surface area contributed by atoms with Crippen molar-refractivity contribution in [2.75, 3.05) is 12.4 Å². The lowest BCUT2D eigenvalue weighted by atomic mass is 10.2. The van der Waals surface area contributed by atoms with Crippen LogP contribution in [0.2, 0.25) is 0 Å². The van der Waals surface area contributed by atoms with Crippen molar-refractivity contribution >= 4 is 33.7 Å². The lowest BCUT2D eigenvalue weighted by molar-refractivity contribution is 0.0596. The number of halogens is 2. The summed E-state index contributed by atoms with van der Waals surface area (Å²) in [7, 11) is 1.21. The molecule has 7 heteroatoms. The van der Waals surface area contributed by atoms with Crippen LogP contribution in [0.25, 0.3) is 0 Å². The number of rotatable bonds is 2. The fourth-order valence-corrected chi connectivity index (χ4v) is 1.79. The van der Waals surface area contributed by atoms with E-state index in [9.17, 15) is 14.0 Å². The summed E-state index contributed by atoms with van der Waals surface area (Å²) in [6.07, 6.45) is -0.815. The van der Waals surface area contributed by atoms with Crippen molar-refractivity contribution in [3.05, 3.63) is 28.0 Å². The lowest BCUT2D eigenvalue weighted by Crippen LogP contribution is -2.27. The Morgan fingerprint density at radius 1 is 1.30 bits per heavy atom. The maximum Gasteiger partial charge on any atom is 0.412 e. The highest BCUT2D eigenvalue weighted by Crippen LogP contribution is 2.26. The van der Waals surface area contributed by atoms with E-state index in [0.717, 1.165) is 0 Å². The molecular formula is C13H15BrFNO4. The maximum atomic E-state index is 13.9. The van der Waals surface area contributed by atoms with E-state index < -0.39 is 23.5 Å². The number of amides is 1. The summed E-state index contributed by atoms with van der Waals surface area (Å²) in [4.78, 5) is 23.0. The zero-order valence-electron chi connectivity index (χ0n) is 11.5. The Hall–Kier alpha value is -1.63. The first-order valence-electron chi connectivity index (χ1n) is 5.71. The highest BCUT2D eigenvalue weighted by Gasteiger charge is 2.20. The van der Waals surface area contributed by atoms with Crippen LogP contribution in [0, 0.1) is 5.82 Å². The second kappa shape index (κ2) is 6.21. The second-order valence-corrected chi connectivity index (χ2v) is 5.79. The molecule has 1 rings (SSSR count). The molecule has 0 fully saturated rings. The van der Waals surface area contributed by atoms with Gasteiger partial charge in [0.2, 0.25) is 0 Å². The van der Waals surface area contributed by atoms with Gasteiger partial charge < -0.3 is 9.47 Å². The van der Waals surface area contributed by atoms with Crippen LogP contribution < -0.4 is 5.32 Å². The van der Waals surface area contributed by atoms with Crippen molar-refractivity contribution in [1.82, 2.24) is 0 Å². The molecule has 0 saturated heterocycles. The Kier molecular flexibility index (Phi) is 5.10. The van der Waals surface area contributed by atoms with Gasteiger partial charge in [0.25, 0.3) is 0 Å². The first-order chi connectivity index (χ1) is 9.14. The molecule has 0 radical (unpaired) electrons. The molecule has 1 N–H and O–H groups in total. The smallest absolute Gasteiger partial charge is 0.412 e. The van der Waals surface area contributed by atoms with Gasteiger partial charge in [0, 0.05) is 0 Å². The molecule has 0 spiro atoms. The average molecular weight is 348 g/mol. The molecule has 0 aliphatic heterocycles. The molecule has 110 valence electrons. The van der Waals surface area contributed by atoms with Crippen molar-refractivity contribution < 1.29 is 23.5 Å². The minimum absolute atomic E-state index is 0.0338. The number of nitrogens with one attached hydrogen (secondary N) is 1. The van der Waals surface area contributed by atoms with Gasteiger partial charge in [0.05, 0.1) is 22.8 Å². The molecular weight excluding hydrogens is 333 g/mol. The standard InChI is InChI=1S/C13H15BrFNO4/c1-13(2,3)20-12(18)16-9-6-7(11(17)19-4)5-8(14)10(9)15/h5-6H,1-4H3,(H,16,18). The van der Waals surface area contributed by atoms with Gasteiger partial charge in [-0.3, -0.25) is 5.32 Å². The summed E-state index contributed by atoms with van der Waals surface area (Å²) in [6, 6.07) is 2.44. The van der Waals surface area contributed by atoms with E-state index >= 15 is 0 Å². The Balaban J connectivity index is 3.03. The predicted molar refractivity (Wildman–Crippen MR) is 75.3 cm³/mol. The minimum Gasteiger partial charge on any atom is -0.465 e. The molecule has 0 aliphatic rings. The summed E-state index contributed by atoms with van der Waals surface area (Å²) in [5, 5.41) is 2.25. The number of carbonyl (C=O) groups excluding carboxylic acids is 2. The van der Waals surface area contributed by atoms with Crippen molar-refractivity contribution in [3.8, 4) is 0 Å². The fraction of sp³-hybridized carbons (Fsp3) is 0.385. The SMILES string of the molecule is COC(=O)c1cc(Br)c(F)c(NC(=O)OC(C)(C)C)c1. The van der Waals surface area contributed by atoms with Crippen molar-refractivity contribution in [2.45, 2.75) is 26.4 Å².